The summed E-state index contributed by atoms with van der Waals surface area (Å²) >= 11 is 5.21. The summed E-state index contributed by atoms with van der Waals surface area (Å²) in [5.41, 5.74) is 0. The van der Waals surface area contributed by atoms with Crippen LogP contribution in [0.25, 0.3) is 0 Å². The summed E-state index contributed by atoms with van der Waals surface area (Å²) < 4.78 is 11.2. The molecule has 1 heterocycles. The normalized spacial score (nSPS) is 20.3. The number of rotatable bonds is 5. The summed E-state index contributed by atoms with van der Waals surface area (Å²) in [7, 11) is 0. The first-order valence-electron chi connectivity index (χ1n) is 5.18. The van der Waals surface area contributed by atoms with E-state index < -0.39 is 11.0 Å². The highest BCUT2D eigenvalue weighted by Crippen LogP contribution is 2.30. The molecule has 3 nitrogen and oxygen atoms in total. The minimum Gasteiger partial charge on any atom is -0.347 e. The van der Waals surface area contributed by atoms with Crippen LogP contribution in [-0.4, -0.2) is 24.2 Å². The van der Waals surface area contributed by atoms with Crippen LogP contribution in [0.1, 0.15) is 26.7 Å². The minimum atomic E-state index is -0.545. The van der Waals surface area contributed by atoms with Crippen LogP contribution >= 0.6 is 11.6 Å². The lowest BCUT2D eigenvalue weighted by Gasteiger charge is -2.27. The molecule has 1 aliphatic rings. The third kappa shape index (κ3) is 4.33. The molecule has 0 bridgehead atoms. The SMILES string of the molecule is CC(C)CC1(C/C=C/C(=O)Cl)OCCO1. The Morgan fingerprint density at radius 2 is 2.07 bits per heavy atom. The van der Waals surface area contributed by atoms with Crippen molar-refractivity contribution < 1.29 is 14.3 Å². The van der Waals surface area contributed by atoms with Gasteiger partial charge in [-0.15, -0.1) is 0 Å². The van der Waals surface area contributed by atoms with Gasteiger partial charge in [-0.3, -0.25) is 4.79 Å². The lowest BCUT2D eigenvalue weighted by atomic mass is 10.00. The molecule has 0 radical (unpaired) electrons. The Morgan fingerprint density at radius 3 is 2.53 bits per heavy atom. The molecule has 0 spiro atoms. The molecule has 0 aromatic heterocycles. The summed E-state index contributed by atoms with van der Waals surface area (Å²) in [5.74, 6) is -0.0556. The van der Waals surface area contributed by atoms with E-state index in [1.54, 1.807) is 6.08 Å². The van der Waals surface area contributed by atoms with E-state index in [2.05, 4.69) is 13.8 Å². The Kier molecular flexibility index (Phi) is 4.77. The number of carbonyl (C=O) groups excluding carboxylic acids is 1. The van der Waals surface area contributed by atoms with Crippen molar-refractivity contribution in [3.05, 3.63) is 12.2 Å². The number of hydrogen-bond donors (Lipinski definition) is 0. The molecule has 1 aliphatic heterocycles. The maximum Gasteiger partial charge on any atom is 0.244 e. The Balaban J connectivity index is 2.53. The fourth-order valence-corrected chi connectivity index (χ4v) is 1.86. The second kappa shape index (κ2) is 5.64. The third-order valence-corrected chi connectivity index (χ3v) is 2.34. The van der Waals surface area contributed by atoms with Gasteiger partial charge >= 0.3 is 0 Å². The number of carbonyl (C=O) groups is 1. The van der Waals surface area contributed by atoms with Crippen LogP contribution in [0.3, 0.4) is 0 Å². The first-order chi connectivity index (χ1) is 7.04. The van der Waals surface area contributed by atoms with Crippen LogP contribution in [-0.2, 0) is 14.3 Å². The smallest absolute Gasteiger partial charge is 0.244 e. The molecule has 0 aliphatic carbocycles. The van der Waals surface area contributed by atoms with E-state index in [0.29, 0.717) is 25.6 Å². The van der Waals surface area contributed by atoms with Crippen LogP contribution in [0.4, 0.5) is 0 Å². The van der Waals surface area contributed by atoms with Crippen molar-refractivity contribution in [3.8, 4) is 0 Å². The van der Waals surface area contributed by atoms with Gasteiger partial charge in [0, 0.05) is 12.8 Å². The van der Waals surface area contributed by atoms with Crippen LogP contribution in [0, 0.1) is 5.92 Å². The summed E-state index contributed by atoms with van der Waals surface area (Å²) in [6, 6.07) is 0. The van der Waals surface area contributed by atoms with Gasteiger partial charge in [0.1, 0.15) is 0 Å². The molecular weight excluding hydrogens is 216 g/mol. The molecule has 86 valence electrons. The Morgan fingerprint density at radius 1 is 1.47 bits per heavy atom. The predicted molar refractivity (Wildman–Crippen MR) is 58.7 cm³/mol. The maximum atomic E-state index is 10.5. The highest BCUT2D eigenvalue weighted by molar-refractivity contribution is 6.66. The highest BCUT2D eigenvalue weighted by Gasteiger charge is 2.35. The number of hydrogen-bond acceptors (Lipinski definition) is 3. The van der Waals surface area contributed by atoms with Crippen molar-refractivity contribution in [2.24, 2.45) is 5.92 Å². The molecule has 0 aromatic rings. The Labute approximate surface area is 95.4 Å². The zero-order valence-electron chi connectivity index (χ0n) is 9.16. The predicted octanol–water partition coefficient (Wildman–Crippen LogP) is 2.49. The van der Waals surface area contributed by atoms with Gasteiger partial charge in [-0.25, -0.2) is 0 Å². The molecule has 15 heavy (non-hydrogen) atoms. The maximum absolute atomic E-state index is 10.5. The standard InChI is InChI=1S/C11H17ClO3/c1-9(2)8-11(14-6-7-15-11)5-3-4-10(12)13/h3-4,9H,5-8H2,1-2H3/b4-3+. The van der Waals surface area contributed by atoms with E-state index in [9.17, 15) is 4.79 Å². The summed E-state index contributed by atoms with van der Waals surface area (Å²) in [6.45, 7) is 5.47. The van der Waals surface area contributed by atoms with Gasteiger partial charge in [-0.2, -0.15) is 0 Å². The van der Waals surface area contributed by atoms with Crippen molar-refractivity contribution in [1.29, 1.82) is 0 Å². The lowest BCUT2D eigenvalue weighted by molar-refractivity contribution is -0.165. The fraction of sp³-hybridized carbons (Fsp3) is 0.727. The van der Waals surface area contributed by atoms with Gasteiger partial charge in [-0.1, -0.05) is 19.9 Å². The van der Waals surface area contributed by atoms with Crippen molar-refractivity contribution in [2.45, 2.75) is 32.5 Å². The molecule has 1 rings (SSSR count). The van der Waals surface area contributed by atoms with E-state index in [0.717, 1.165) is 6.42 Å². The molecule has 0 N–H and O–H groups in total. The summed E-state index contributed by atoms with van der Waals surface area (Å²) in [4.78, 5) is 10.5. The van der Waals surface area contributed by atoms with Crippen LogP contribution < -0.4 is 0 Å². The van der Waals surface area contributed by atoms with Gasteiger partial charge < -0.3 is 9.47 Å². The molecule has 0 amide bonds. The first kappa shape index (κ1) is 12.7. The minimum absolute atomic E-state index is 0.465. The zero-order chi connectivity index (χ0) is 11.3. The van der Waals surface area contributed by atoms with E-state index in [4.69, 9.17) is 21.1 Å². The third-order valence-electron chi connectivity index (χ3n) is 2.21. The van der Waals surface area contributed by atoms with E-state index >= 15 is 0 Å². The summed E-state index contributed by atoms with van der Waals surface area (Å²) in [6.07, 6.45) is 4.45. The molecule has 0 unspecified atom stereocenters. The zero-order valence-corrected chi connectivity index (χ0v) is 9.92. The number of ether oxygens (including phenoxy) is 2. The number of halogens is 1. The van der Waals surface area contributed by atoms with Gasteiger partial charge in [0.05, 0.1) is 13.2 Å². The lowest BCUT2D eigenvalue weighted by Crippen LogP contribution is -2.31. The average molecular weight is 233 g/mol. The Bertz CT molecular complexity index is 242. The molecule has 1 saturated heterocycles. The van der Waals surface area contributed by atoms with Crippen molar-refractivity contribution >= 4 is 16.8 Å². The van der Waals surface area contributed by atoms with Crippen molar-refractivity contribution in [3.63, 3.8) is 0 Å². The fourth-order valence-electron chi connectivity index (χ4n) is 1.77. The van der Waals surface area contributed by atoms with Crippen molar-refractivity contribution in [1.82, 2.24) is 0 Å². The van der Waals surface area contributed by atoms with Crippen LogP contribution in [0.2, 0.25) is 0 Å². The Hall–Kier alpha value is -0.380. The van der Waals surface area contributed by atoms with Crippen LogP contribution in [0.15, 0.2) is 12.2 Å². The molecule has 0 aromatic carbocycles. The largest absolute Gasteiger partial charge is 0.347 e. The van der Waals surface area contributed by atoms with E-state index in [1.165, 1.54) is 6.08 Å². The number of allylic oxidation sites excluding steroid dienone is 1. The van der Waals surface area contributed by atoms with Crippen LogP contribution in [0.5, 0.6) is 0 Å². The molecule has 0 saturated carbocycles. The molecule has 0 atom stereocenters. The second-order valence-corrected chi connectivity index (χ2v) is 4.49. The van der Waals surface area contributed by atoms with Gasteiger partial charge in [0.15, 0.2) is 5.79 Å². The molecular formula is C11H17ClO3. The highest BCUT2D eigenvalue weighted by atomic mass is 35.5. The quantitative estimate of drug-likeness (QED) is 0.540. The summed E-state index contributed by atoms with van der Waals surface area (Å²) in [5, 5.41) is -0.465. The van der Waals surface area contributed by atoms with E-state index in [-0.39, 0.29) is 0 Å². The first-order valence-corrected chi connectivity index (χ1v) is 5.56. The monoisotopic (exact) mass is 232 g/mol. The molecule has 1 fully saturated rings. The topological polar surface area (TPSA) is 35.5 Å². The second-order valence-electron chi connectivity index (χ2n) is 4.12. The average Bonchev–Trinajstić information content (AvgIpc) is 2.51. The van der Waals surface area contributed by atoms with Gasteiger partial charge in [-0.05, 0) is 23.6 Å². The molecule has 4 heteroatoms. The van der Waals surface area contributed by atoms with Gasteiger partial charge in [0.2, 0.25) is 5.24 Å². The van der Waals surface area contributed by atoms with E-state index in [1.807, 2.05) is 0 Å². The van der Waals surface area contributed by atoms with Crippen molar-refractivity contribution in [2.75, 3.05) is 13.2 Å². The van der Waals surface area contributed by atoms with Gasteiger partial charge in [0.25, 0.3) is 0 Å².